The number of carbonyl (C=O) groups is 1. The molecule has 1 aliphatic heterocycles. The molecule has 4 nitrogen and oxygen atoms in total. The van der Waals surface area contributed by atoms with Gasteiger partial charge in [-0.1, -0.05) is 36.4 Å². The molecule has 1 fully saturated rings. The lowest BCUT2D eigenvalue weighted by Crippen LogP contribution is -2.33. The normalized spacial score (nSPS) is 17.2. The first kappa shape index (κ1) is 15.1. The molecule has 0 saturated heterocycles. The third kappa shape index (κ3) is 3.09. The van der Waals surface area contributed by atoms with Gasteiger partial charge in [-0.25, -0.2) is 0 Å². The molecule has 124 valence electrons. The Morgan fingerprint density at radius 1 is 1.00 bits per heavy atom. The topological polar surface area (TPSA) is 47.6 Å². The number of benzene rings is 2. The van der Waals surface area contributed by atoms with Crippen LogP contribution in [0.2, 0.25) is 0 Å². The van der Waals surface area contributed by atoms with Gasteiger partial charge in [0, 0.05) is 12.0 Å². The van der Waals surface area contributed by atoms with Gasteiger partial charge in [0.1, 0.15) is 13.2 Å². The van der Waals surface area contributed by atoms with Crippen LogP contribution in [0.5, 0.6) is 11.5 Å². The third-order valence-electron chi connectivity index (χ3n) is 4.83. The second-order valence-corrected chi connectivity index (χ2v) is 6.58. The average molecular weight is 323 g/mol. The van der Waals surface area contributed by atoms with Crippen molar-refractivity contribution in [2.24, 2.45) is 0 Å². The van der Waals surface area contributed by atoms with Gasteiger partial charge in [-0.3, -0.25) is 4.79 Å². The van der Waals surface area contributed by atoms with E-state index >= 15 is 0 Å². The Bertz CT molecular complexity index is 738. The SMILES string of the molecule is O=C(Cc1ccc2c(c1)OCCO2)NCC1(c2ccccc2)CC1. The van der Waals surface area contributed by atoms with Crippen molar-refractivity contribution in [3.63, 3.8) is 0 Å². The fourth-order valence-electron chi connectivity index (χ4n) is 3.22. The van der Waals surface area contributed by atoms with Gasteiger partial charge in [-0.2, -0.15) is 0 Å². The van der Waals surface area contributed by atoms with Crippen LogP contribution >= 0.6 is 0 Å². The monoisotopic (exact) mass is 323 g/mol. The van der Waals surface area contributed by atoms with Gasteiger partial charge < -0.3 is 14.8 Å². The molecule has 1 heterocycles. The second-order valence-electron chi connectivity index (χ2n) is 6.58. The first-order valence-electron chi connectivity index (χ1n) is 8.46. The van der Waals surface area contributed by atoms with Crippen LogP contribution in [0, 0.1) is 0 Å². The molecule has 2 aromatic carbocycles. The van der Waals surface area contributed by atoms with Crippen molar-refractivity contribution in [1.29, 1.82) is 0 Å². The molecule has 0 spiro atoms. The number of carbonyl (C=O) groups excluding carboxylic acids is 1. The predicted molar refractivity (Wildman–Crippen MR) is 91.5 cm³/mol. The van der Waals surface area contributed by atoms with Crippen LogP contribution in [-0.2, 0) is 16.6 Å². The lowest BCUT2D eigenvalue weighted by atomic mass is 9.96. The Morgan fingerprint density at radius 3 is 2.50 bits per heavy atom. The van der Waals surface area contributed by atoms with E-state index in [0.29, 0.717) is 26.2 Å². The first-order chi connectivity index (χ1) is 11.8. The number of ether oxygens (including phenoxy) is 2. The molecule has 4 rings (SSSR count). The molecule has 2 aliphatic rings. The van der Waals surface area contributed by atoms with Gasteiger partial charge in [0.05, 0.1) is 6.42 Å². The van der Waals surface area contributed by atoms with Gasteiger partial charge >= 0.3 is 0 Å². The number of rotatable bonds is 5. The molecule has 4 heteroatoms. The van der Waals surface area contributed by atoms with Crippen LogP contribution < -0.4 is 14.8 Å². The maximum absolute atomic E-state index is 12.3. The van der Waals surface area contributed by atoms with Crippen LogP contribution in [0.25, 0.3) is 0 Å². The summed E-state index contributed by atoms with van der Waals surface area (Å²) < 4.78 is 11.1. The summed E-state index contributed by atoms with van der Waals surface area (Å²) in [5, 5.41) is 3.10. The summed E-state index contributed by atoms with van der Waals surface area (Å²) in [6.45, 7) is 1.84. The van der Waals surface area contributed by atoms with Crippen molar-refractivity contribution >= 4 is 5.91 Å². The molecule has 1 saturated carbocycles. The fourth-order valence-corrected chi connectivity index (χ4v) is 3.22. The summed E-state index contributed by atoms with van der Waals surface area (Å²) in [6, 6.07) is 16.2. The lowest BCUT2D eigenvalue weighted by Gasteiger charge is -2.19. The number of hydrogen-bond donors (Lipinski definition) is 1. The number of nitrogens with one attached hydrogen (secondary N) is 1. The van der Waals surface area contributed by atoms with Crippen molar-refractivity contribution in [3.8, 4) is 11.5 Å². The van der Waals surface area contributed by atoms with Crippen LogP contribution in [0.4, 0.5) is 0 Å². The summed E-state index contributed by atoms with van der Waals surface area (Å²) in [6.07, 6.45) is 2.64. The largest absolute Gasteiger partial charge is 0.486 e. The summed E-state index contributed by atoms with van der Waals surface area (Å²) >= 11 is 0. The molecule has 0 aromatic heterocycles. The van der Waals surface area contributed by atoms with E-state index in [1.54, 1.807) is 0 Å². The standard InChI is InChI=1S/C20H21NO3/c22-19(13-15-6-7-17-18(12-15)24-11-10-23-17)21-14-20(8-9-20)16-4-2-1-3-5-16/h1-7,12H,8-11,13-14H2,(H,21,22). The van der Waals surface area contributed by atoms with Gasteiger partial charge in [-0.05, 0) is 36.1 Å². The Hall–Kier alpha value is -2.49. The minimum atomic E-state index is 0.0499. The zero-order valence-electron chi connectivity index (χ0n) is 13.6. The van der Waals surface area contributed by atoms with Crippen LogP contribution in [0.1, 0.15) is 24.0 Å². The van der Waals surface area contributed by atoms with Crippen molar-refractivity contribution in [2.75, 3.05) is 19.8 Å². The molecule has 24 heavy (non-hydrogen) atoms. The minimum absolute atomic E-state index is 0.0499. The molecular formula is C20H21NO3. The van der Waals surface area contributed by atoms with Crippen LogP contribution in [0.15, 0.2) is 48.5 Å². The molecule has 2 aromatic rings. The van der Waals surface area contributed by atoms with Gasteiger partial charge in [0.25, 0.3) is 0 Å². The molecule has 1 amide bonds. The Morgan fingerprint density at radius 2 is 1.75 bits per heavy atom. The Balaban J connectivity index is 1.36. The summed E-state index contributed by atoms with van der Waals surface area (Å²) in [5.41, 5.74) is 2.41. The van der Waals surface area contributed by atoms with Gasteiger partial charge in [0.2, 0.25) is 5.91 Å². The van der Waals surface area contributed by atoms with Crippen molar-refractivity contribution in [1.82, 2.24) is 5.32 Å². The second kappa shape index (κ2) is 6.19. The van der Waals surface area contributed by atoms with E-state index in [9.17, 15) is 4.79 Å². The van der Waals surface area contributed by atoms with Crippen LogP contribution in [0.3, 0.4) is 0 Å². The van der Waals surface area contributed by atoms with E-state index in [0.717, 1.165) is 29.9 Å². The van der Waals surface area contributed by atoms with Gasteiger partial charge in [-0.15, -0.1) is 0 Å². The zero-order chi connectivity index (χ0) is 16.4. The molecule has 0 bridgehead atoms. The Labute approximate surface area is 141 Å². The summed E-state index contributed by atoms with van der Waals surface area (Å²) in [4.78, 5) is 12.3. The molecular weight excluding hydrogens is 302 g/mol. The fraction of sp³-hybridized carbons (Fsp3) is 0.350. The van der Waals surface area contributed by atoms with Crippen molar-refractivity contribution in [2.45, 2.75) is 24.7 Å². The molecule has 0 unspecified atom stereocenters. The van der Waals surface area contributed by atoms with Crippen molar-refractivity contribution < 1.29 is 14.3 Å². The number of amides is 1. The third-order valence-corrected chi connectivity index (χ3v) is 4.83. The van der Waals surface area contributed by atoms with Crippen molar-refractivity contribution in [3.05, 3.63) is 59.7 Å². The minimum Gasteiger partial charge on any atom is -0.486 e. The summed E-state index contributed by atoms with van der Waals surface area (Å²) in [5.74, 6) is 1.54. The van der Waals surface area contributed by atoms with E-state index in [4.69, 9.17) is 9.47 Å². The highest BCUT2D eigenvalue weighted by atomic mass is 16.6. The van der Waals surface area contributed by atoms with E-state index in [1.165, 1.54) is 5.56 Å². The Kier molecular flexibility index (Phi) is 3.89. The maximum Gasteiger partial charge on any atom is 0.224 e. The van der Waals surface area contributed by atoms with E-state index in [2.05, 4.69) is 29.6 Å². The first-order valence-corrected chi connectivity index (χ1v) is 8.46. The van der Waals surface area contributed by atoms with E-state index < -0.39 is 0 Å². The predicted octanol–water partition coefficient (Wildman–Crippen LogP) is 2.85. The molecule has 0 radical (unpaired) electrons. The molecule has 1 aliphatic carbocycles. The zero-order valence-corrected chi connectivity index (χ0v) is 13.6. The molecule has 0 atom stereocenters. The summed E-state index contributed by atoms with van der Waals surface area (Å²) in [7, 11) is 0. The van der Waals surface area contributed by atoms with E-state index in [-0.39, 0.29) is 11.3 Å². The molecule has 1 N–H and O–H groups in total. The number of hydrogen-bond acceptors (Lipinski definition) is 3. The van der Waals surface area contributed by atoms with E-state index in [1.807, 2.05) is 24.3 Å². The lowest BCUT2D eigenvalue weighted by molar-refractivity contribution is -0.120. The highest BCUT2D eigenvalue weighted by Crippen LogP contribution is 2.47. The quantitative estimate of drug-likeness (QED) is 0.920. The highest BCUT2D eigenvalue weighted by Gasteiger charge is 2.44. The highest BCUT2D eigenvalue weighted by molar-refractivity contribution is 5.79. The average Bonchev–Trinajstić information content (AvgIpc) is 3.42. The van der Waals surface area contributed by atoms with Crippen LogP contribution in [-0.4, -0.2) is 25.7 Å². The van der Waals surface area contributed by atoms with Gasteiger partial charge in [0.15, 0.2) is 11.5 Å². The maximum atomic E-state index is 12.3. The number of fused-ring (bicyclic) bond motifs is 1. The smallest absolute Gasteiger partial charge is 0.224 e.